The van der Waals surface area contributed by atoms with Crippen molar-refractivity contribution in [3.8, 4) is 0 Å². The molecule has 1 aromatic heterocycles. The fourth-order valence-electron chi connectivity index (χ4n) is 2.40. The number of fused-ring (bicyclic) bond motifs is 1. The van der Waals surface area contributed by atoms with Crippen LogP contribution >= 0.6 is 0 Å². The molecule has 3 rings (SSSR count). The van der Waals surface area contributed by atoms with Gasteiger partial charge in [-0.25, -0.2) is 9.78 Å². The van der Waals surface area contributed by atoms with Crippen LogP contribution in [0.15, 0.2) is 30.5 Å². The van der Waals surface area contributed by atoms with Crippen LogP contribution in [0.4, 0.5) is 0 Å². The molecule has 0 aliphatic carbocycles. The molecule has 5 nitrogen and oxygen atoms in total. The topological polar surface area (TPSA) is 68.7 Å². The summed E-state index contributed by atoms with van der Waals surface area (Å²) < 4.78 is 12.0. The molecule has 0 unspecified atom stereocenters. The summed E-state index contributed by atoms with van der Waals surface area (Å²) in [7, 11) is -0.462. The zero-order chi connectivity index (χ0) is 16.1. The monoisotopic (exact) mass is 299 g/mol. The van der Waals surface area contributed by atoms with Gasteiger partial charge in [-0.1, -0.05) is 18.2 Å². The van der Waals surface area contributed by atoms with E-state index >= 15 is 0 Å². The van der Waals surface area contributed by atoms with Crippen molar-refractivity contribution in [3.05, 3.63) is 36.2 Å². The smallest absolute Gasteiger partial charge is 0.477 e. The molecule has 1 aliphatic heterocycles. The highest BCUT2D eigenvalue weighted by Crippen LogP contribution is 2.36. The molecular weight excluding hydrogens is 281 g/mol. The van der Waals surface area contributed by atoms with Crippen LogP contribution in [-0.2, 0) is 9.31 Å². The van der Waals surface area contributed by atoms with E-state index in [0.29, 0.717) is 0 Å². The summed E-state index contributed by atoms with van der Waals surface area (Å²) in [5.41, 5.74) is 0.0843. The Labute approximate surface area is 129 Å². The Bertz CT molecular complexity index is 741. The van der Waals surface area contributed by atoms with Crippen LogP contribution in [0, 0.1) is 0 Å². The molecule has 114 valence electrons. The number of hydrogen-bond donors (Lipinski definition) is 1. The molecule has 22 heavy (non-hydrogen) atoms. The summed E-state index contributed by atoms with van der Waals surface area (Å²) in [6, 6.07) is 7.28. The molecule has 1 aliphatic rings. The predicted molar refractivity (Wildman–Crippen MR) is 84.4 cm³/mol. The van der Waals surface area contributed by atoms with Gasteiger partial charge in [-0.3, -0.25) is 0 Å². The Morgan fingerprint density at radius 2 is 1.73 bits per heavy atom. The van der Waals surface area contributed by atoms with Crippen molar-refractivity contribution in [2.24, 2.45) is 0 Å². The van der Waals surface area contributed by atoms with Crippen LogP contribution in [0.1, 0.15) is 38.2 Å². The lowest BCUT2D eigenvalue weighted by Crippen LogP contribution is -2.41. The number of benzene rings is 1. The van der Waals surface area contributed by atoms with Crippen LogP contribution < -0.4 is 5.46 Å². The maximum atomic E-state index is 11.0. The van der Waals surface area contributed by atoms with E-state index in [9.17, 15) is 4.79 Å². The minimum Gasteiger partial charge on any atom is -0.477 e. The van der Waals surface area contributed by atoms with Crippen LogP contribution in [0.25, 0.3) is 10.8 Å². The normalized spacial score (nSPS) is 19.5. The summed E-state index contributed by atoms with van der Waals surface area (Å²) in [5.74, 6) is -1.04. The third kappa shape index (κ3) is 2.38. The maximum absolute atomic E-state index is 11.0. The third-order valence-corrected chi connectivity index (χ3v) is 4.49. The molecule has 0 spiro atoms. The molecule has 1 fully saturated rings. The summed E-state index contributed by atoms with van der Waals surface area (Å²) >= 11 is 0. The van der Waals surface area contributed by atoms with E-state index in [0.717, 1.165) is 16.2 Å². The molecule has 1 saturated heterocycles. The Morgan fingerprint density at radius 1 is 1.09 bits per heavy atom. The van der Waals surface area contributed by atoms with Gasteiger partial charge in [-0.05, 0) is 44.6 Å². The van der Waals surface area contributed by atoms with Gasteiger partial charge in [0, 0.05) is 11.6 Å². The largest absolute Gasteiger partial charge is 0.494 e. The standard InChI is InChI=1S/C16H18BNO4/c1-15(2)16(3,4)22-17(21-15)12-6-5-10-9-18-13(14(19)20)8-11(10)7-12/h5-9H,1-4H3,(H,19,20). The van der Waals surface area contributed by atoms with Crippen molar-refractivity contribution in [2.45, 2.75) is 38.9 Å². The van der Waals surface area contributed by atoms with Crippen molar-refractivity contribution in [3.63, 3.8) is 0 Å². The molecule has 1 N–H and O–H groups in total. The van der Waals surface area contributed by atoms with E-state index < -0.39 is 24.3 Å². The Kier molecular flexibility index (Phi) is 3.27. The lowest BCUT2D eigenvalue weighted by atomic mass is 9.78. The predicted octanol–water partition coefficient (Wildman–Crippen LogP) is 2.23. The second-order valence-corrected chi connectivity index (χ2v) is 6.57. The lowest BCUT2D eigenvalue weighted by Gasteiger charge is -2.32. The number of rotatable bonds is 2. The molecule has 0 saturated carbocycles. The van der Waals surface area contributed by atoms with Gasteiger partial charge in [0.1, 0.15) is 5.69 Å². The highest BCUT2D eigenvalue weighted by molar-refractivity contribution is 6.62. The van der Waals surface area contributed by atoms with Crippen molar-refractivity contribution >= 4 is 29.3 Å². The number of aromatic carboxylic acids is 1. The average molecular weight is 299 g/mol. The van der Waals surface area contributed by atoms with E-state index in [1.54, 1.807) is 12.3 Å². The second kappa shape index (κ2) is 4.79. The summed E-state index contributed by atoms with van der Waals surface area (Å²) in [4.78, 5) is 15.0. The van der Waals surface area contributed by atoms with Gasteiger partial charge in [0.05, 0.1) is 11.2 Å². The van der Waals surface area contributed by atoms with E-state index in [1.807, 2.05) is 45.9 Å². The van der Waals surface area contributed by atoms with Crippen LogP contribution in [0.2, 0.25) is 0 Å². The first-order chi connectivity index (χ1) is 10.2. The van der Waals surface area contributed by atoms with E-state index in [1.165, 1.54) is 0 Å². The van der Waals surface area contributed by atoms with Gasteiger partial charge >= 0.3 is 13.1 Å². The first-order valence-corrected chi connectivity index (χ1v) is 7.18. The van der Waals surface area contributed by atoms with Crippen molar-refractivity contribution in [2.75, 3.05) is 0 Å². The van der Waals surface area contributed by atoms with Gasteiger partial charge in [0.15, 0.2) is 0 Å². The highest BCUT2D eigenvalue weighted by Gasteiger charge is 2.51. The quantitative estimate of drug-likeness (QED) is 0.861. The molecule has 6 heteroatoms. The minimum atomic E-state index is -1.04. The third-order valence-electron chi connectivity index (χ3n) is 4.49. The Hall–Kier alpha value is -1.92. The number of aromatic nitrogens is 1. The minimum absolute atomic E-state index is 0.0265. The van der Waals surface area contributed by atoms with Crippen LogP contribution in [-0.4, -0.2) is 34.4 Å². The number of hydrogen-bond acceptors (Lipinski definition) is 4. The SMILES string of the molecule is CC1(C)OB(c2ccc3cnc(C(=O)O)cc3c2)OC1(C)C. The summed E-state index contributed by atoms with van der Waals surface area (Å²) in [6.07, 6.45) is 1.56. The Morgan fingerprint density at radius 3 is 2.32 bits per heavy atom. The highest BCUT2D eigenvalue weighted by atomic mass is 16.7. The first-order valence-electron chi connectivity index (χ1n) is 7.18. The molecule has 2 aromatic rings. The van der Waals surface area contributed by atoms with E-state index in [2.05, 4.69) is 4.98 Å². The molecule has 1 aromatic carbocycles. The molecule has 0 atom stereocenters. The number of carboxylic acids is 1. The van der Waals surface area contributed by atoms with Gasteiger partial charge in [0.2, 0.25) is 0 Å². The number of carbonyl (C=O) groups is 1. The maximum Gasteiger partial charge on any atom is 0.494 e. The molecule has 0 amide bonds. The van der Waals surface area contributed by atoms with Gasteiger partial charge in [0.25, 0.3) is 0 Å². The fourth-order valence-corrected chi connectivity index (χ4v) is 2.40. The number of pyridine rings is 1. The summed E-state index contributed by atoms with van der Waals surface area (Å²) in [5, 5.41) is 10.7. The van der Waals surface area contributed by atoms with Gasteiger partial charge in [-0.2, -0.15) is 0 Å². The van der Waals surface area contributed by atoms with Crippen LogP contribution in [0.3, 0.4) is 0 Å². The summed E-state index contributed by atoms with van der Waals surface area (Å²) in [6.45, 7) is 8.00. The first kappa shape index (κ1) is 15.0. The van der Waals surface area contributed by atoms with Gasteiger partial charge < -0.3 is 14.4 Å². The zero-order valence-electron chi connectivity index (χ0n) is 13.1. The van der Waals surface area contributed by atoms with Crippen LogP contribution in [0.5, 0.6) is 0 Å². The van der Waals surface area contributed by atoms with Crippen molar-refractivity contribution in [1.82, 2.24) is 4.98 Å². The fraction of sp³-hybridized carbons (Fsp3) is 0.375. The Balaban J connectivity index is 2.00. The van der Waals surface area contributed by atoms with Crippen molar-refractivity contribution in [1.29, 1.82) is 0 Å². The van der Waals surface area contributed by atoms with E-state index in [-0.39, 0.29) is 5.69 Å². The molecule has 0 bridgehead atoms. The molecule has 0 radical (unpaired) electrons. The lowest BCUT2D eigenvalue weighted by molar-refractivity contribution is 0.00578. The zero-order valence-corrected chi connectivity index (χ0v) is 13.1. The molecular formula is C16H18BNO4. The second-order valence-electron chi connectivity index (χ2n) is 6.57. The molecule has 2 heterocycles. The van der Waals surface area contributed by atoms with Gasteiger partial charge in [-0.15, -0.1) is 0 Å². The van der Waals surface area contributed by atoms with E-state index in [4.69, 9.17) is 14.4 Å². The van der Waals surface area contributed by atoms with Crippen molar-refractivity contribution < 1.29 is 19.2 Å². The number of nitrogens with zero attached hydrogens (tertiary/aromatic N) is 1. The average Bonchev–Trinajstić information content (AvgIpc) is 2.66. The number of carboxylic acid groups (broad SMARTS) is 1.